The highest BCUT2D eigenvalue weighted by molar-refractivity contribution is 7.79. The Kier molecular flexibility index (Phi) is 2.48. The maximum absolute atomic E-state index is 12.7. The number of benzene rings is 1. The lowest BCUT2D eigenvalue weighted by molar-refractivity contribution is 0.512. The standard InChI is InChI=1S/C7H4F2NS/c8-5-2-1-3-6(7(5)9)10-4-11/h1-3H,(H,10,11). The van der Waals surface area contributed by atoms with E-state index in [2.05, 4.69) is 23.0 Å². The van der Waals surface area contributed by atoms with Gasteiger partial charge in [0.15, 0.2) is 11.6 Å². The van der Waals surface area contributed by atoms with Crippen LogP contribution in [0.5, 0.6) is 0 Å². The van der Waals surface area contributed by atoms with Crippen molar-refractivity contribution >= 4 is 23.4 Å². The zero-order valence-electron chi connectivity index (χ0n) is 5.40. The summed E-state index contributed by atoms with van der Waals surface area (Å²) in [7, 11) is 0. The van der Waals surface area contributed by atoms with E-state index in [1.165, 1.54) is 12.1 Å². The van der Waals surface area contributed by atoms with Gasteiger partial charge in [-0.15, -0.1) is 0 Å². The average molecular weight is 172 g/mol. The van der Waals surface area contributed by atoms with Crippen LogP contribution in [0, 0.1) is 11.6 Å². The molecule has 0 aliphatic heterocycles. The third-order valence-electron chi connectivity index (χ3n) is 1.14. The van der Waals surface area contributed by atoms with Gasteiger partial charge in [-0.1, -0.05) is 18.3 Å². The highest BCUT2D eigenvalue weighted by Crippen LogP contribution is 2.15. The first kappa shape index (κ1) is 8.07. The van der Waals surface area contributed by atoms with Gasteiger partial charge in [0, 0.05) is 0 Å². The number of rotatable bonds is 2. The second-order valence-corrected chi connectivity index (χ2v) is 2.03. The van der Waals surface area contributed by atoms with E-state index in [4.69, 9.17) is 0 Å². The van der Waals surface area contributed by atoms with Gasteiger partial charge in [-0.3, -0.25) is 0 Å². The summed E-state index contributed by atoms with van der Waals surface area (Å²) in [6, 6.07) is 3.79. The molecule has 0 saturated carbocycles. The monoisotopic (exact) mass is 172 g/mol. The molecule has 0 atom stereocenters. The Morgan fingerprint density at radius 3 is 2.73 bits per heavy atom. The van der Waals surface area contributed by atoms with E-state index in [-0.39, 0.29) is 5.69 Å². The van der Waals surface area contributed by atoms with E-state index in [1.807, 2.05) is 0 Å². The van der Waals surface area contributed by atoms with E-state index in [0.29, 0.717) is 0 Å². The highest BCUT2D eigenvalue weighted by Gasteiger charge is 2.04. The lowest BCUT2D eigenvalue weighted by Gasteiger charge is -1.99. The first-order valence-corrected chi connectivity index (χ1v) is 3.23. The normalized spacial score (nSPS) is 9.27. The highest BCUT2D eigenvalue weighted by atomic mass is 32.1. The van der Waals surface area contributed by atoms with Gasteiger partial charge in [-0.2, -0.15) is 0 Å². The minimum atomic E-state index is -0.940. The molecule has 0 aromatic heterocycles. The van der Waals surface area contributed by atoms with Gasteiger partial charge in [-0.05, 0) is 12.1 Å². The minimum absolute atomic E-state index is 0.000000000000000222. The van der Waals surface area contributed by atoms with Crippen molar-refractivity contribution in [2.75, 3.05) is 5.32 Å². The van der Waals surface area contributed by atoms with Crippen molar-refractivity contribution in [2.45, 2.75) is 0 Å². The Morgan fingerprint density at radius 1 is 1.36 bits per heavy atom. The third-order valence-corrected chi connectivity index (χ3v) is 1.24. The molecule has 0 saturated heterocycles. The molecule has 1 aromatic rings. The van der Waals surface area contributed by atoms with E-state index >= 15 is 0 Å². The lowest BCUT2D eigenvalue weighted by atomic mass is 10.3. The van der Waals surface area contributed by atoms with Crippen molar-refractivity contribution in [3.8, 4) is 0 Å². The summed E-state index contributed by atoms with van der Waals surface area (Å²) in [6.45, 7) is 0. The molecular weight excluding hydrogens is 168 g/mol. The number of thiocarbonyl (C=S) groups is 1. The molecule has 0 bridgehead atoms. The van der Waals surface area contributed by atoms with Gasteiger partial charge < -0.3 is 5.32 Å². The van der Waals surface area contributed by atoms with Crippen LogP contribution in [-0.2, 0) is 0 Å². The van der Waals surface area contributed by atoms with Crippen molar-refractivity contribution in [3.05, 3.63) is 29.8 Å². The fraction of sp³-hybridized carbons (Fsp3) is 0. The molecule has 11 heavy (non-hydrogen) atoms. The molecule has 0 amide bonds. The van der Waals surface area contributed by atoms with Crippen LogP contribution in [0.15, 0.2) is 18.2 Å². The molecule has 0 aliphatic rings. The van der Waals surface area contributed by atoms with Gasteiger partial charge in [0.25, 0.3) is 0 Å². The summed E-state index contributed by atoms with van der Waals surface area (Å²) in [5.74, 6) is -1.84. The van der Waals surface area contributed by atoms with Crippen LogP contribution in [0.4, 0.5) is 14.5 Å². The third kappa shape index (κ3) is 1.71. The van der Waals surface area contributed by atoms with Crippen molar-refractivity contribution in [3.63, 3.8) is 0 Å². The number of halogens is 2. The second kappa shape index (κ2) is 3.39. The van der Waals surface area contributed by atoms with E-state index in [9.17, 15) is 8.78 Å². The minimum Gasteiger partial charge on any atom is -0.342 e. The number of anilines is 1. The van der Waals surface area contributed by atoms with Crippen LogP contribution >= 0.6 is 12.2 Å². The fourth-order valence-corrected chi connectivity index (χ4v) is 0.765. The average Bonchev–Trinajstić information content (AvgIpc) is 1.99. The Balaban J connectivity index is 3.05. The summed E-state index contributed by atoms with van der Waals surface area (Å²) >= 11 is 4.29. The lowest BCUT2D eigenvalue weighted by Crippen LogP contribution is -1.97. The summed E-state index contributed by atoms with van der Waals surface area (Å²) in [5.41, 5.74) is 2.08. The summed E-state index contributed by atoms with van der Waals surface area (Å²) in [4.78, 5) is 0. The molecule has 0 heterocycles. The van der Waals surface area contributed by atoms with E-state index < -0.39 is 11.6 Å². The second-order valence-electron chi connectivity index (χ2n) is 1.83. The van der Waals surface area contributed by atoms with Gasteiger partial charge in [0.1, 0.15) is 5.49 Å². The molecule has 0 aliphatic carbocycles. The predicted molar refractivity (Wildman–Crippen MR) is 42.6 cm³/mol. The zero-order valence-corrected chi connectivity index (χ0v) is 6.21. The molecule has 1 aromatic carbocycles. The van der Waals surface area contributed by atoms with Gasteiger partial charge in [-0.25, -0.2) is 8.78 Å². The maximum atomic E-state index is 12.7. The van der Waals surface area contributed by atoms with Crippen LogP contribution in [0.3, 0.4) is 0 Å². The van der Waals surface area contributed by atoms with Crippen LogP contribution in [0.25, 0.3) is 0 Å². The topological polar surface area (TPSA) is 12.0 Å². The molecule has 1 radical (unpaired) electrons. The number of hydrogen-bond acceptors (Lipinski definition) is 1. The molecule has 1 N–H and O–H groups in total. The molecule has 0 spiro atoms. The van der Waals surface area contributed by atoms with E-state index in [0.717, 1.165) is 6.07 Å². The Morgan fingerprint density at radius 2 is 2.09 bits per heavy atom. The Bertz CT molecular complexity index is 275. The predicted octanol–water partition coefficient (Wildman–Crippen LogP) is 2.21. The SMILES string of the molecule is Fc1cccc(N[C]=S)c1F. The van der Waals surface area contributed by atoms with Crippen molar-refractivity contribution in [1.29, 1.82) is 0 Å². The first-order valence-electron chi connectivity index (χ1n) is 2.83. The molecular formula is C7H4F2NS. The van der Waals surface area contributed by atoms with Crippen LogP contribution < -0.4 is 5.32 Å². The van der Waals surface area contributed by atoms with Crippen molar-refractivity contribution in [1.82, 2.24) is 0 Å². The maximum Gasteiger partial charge on any atom is 0.182 e. The number of hydrogen-bond donors (Lipinski definition) is 1. The molecule has 1 rings (SSSR count). The summed E-state index contributed by atoms with van der Waals surface area (Å²) in [5, 5.41) is 2.27. The van der Waals surface area contributed by atoms with Crippen LogP contribution in [-0.4, -0.2) is 5.49 Å². The fourth-order valence-electron chi connectivity index (χ4n) is 0.655. The van der Waals surface area contributed by atoms with Gasteiger partial charge in [0.2, 0.25) is 0 Å². The molecule has 57 valence electrons. The zero-order chi connectivity index (χ0) is 8.27. The quantitative estimate of drug-likeness (QED) is 0.542. The van der Waals surface area contributed by atoms with Gasteiger partial charge >= 0.3 is 0 Å². The number of nitrogens with one attached hydrogen (secondary N) is 1. The largest absolute Gasteiger partial charge is 0.342 e. The van der Waals surface area contributed by atoms with Gasteiger partial charge in [0.05, 0.1) is 5.69 Å². The molecule has 0 fully saturated rings. The molecule has 1 nitrogen and oxygen atoms in total. The van der Waals surface area contributed by atoms with Crippen LogP contribution in [0.2, 0.25) is 0 Å². The van der Waals surface area contributed by atoms with E-state index in [1.54, 1.807) is 0 Å². The first-order chi connectivity index (χ1) is 5.25. The summed E-state index contributed by atoms with van der Waals surface area (Å²) in [6.07, 6.45) is 0. The van der Waals surface area contributed by atoms with Crippen molar-refractivity contribution < 1.29 is 8.78 Å². The Labute approximate surface area is 68.0 Å². The molecule has 0 unspecified atom stereocenters. The van der Waals surface area contributed by atoms with Crippen molar-refractivity contribution in [2.24, 2.45) is 0 Å². The van der Waals surface area contributed by atoms with Crippen LogP contribution in [0.1, 0.15) is 0 Å². The Hall–Kier alpha value is -1.03. The smallest absolute Gasteiger partial charge is 0.182 e. The molecule has 4 heteroatoms. The summed E-state index contributed by atoms with van der Waals surface area (Å²) < 4.78 is 25.1.